The first-order chi connectivity index (χ1) is 9.74. The van der Waals surface area contributed by atoms with Crippen molar-refractivity contribution in [1.29, 1.82) is 5.26 Å². The Hall–Kier alpha value is -1.41. The molecule has 0 bridgehead atoms. The smallest absolute Gasteiger partial charge is 0.132 e. The molecule has 0 aliphatic carbocycles. The summed E-state index contributed by atoms with van der Waals surface area (Å²) in [6.07, 6.45) is 4.10. The van der Waals surface area contributed by atoms with Crippen molar-refractivity contribution in [3.05, 3.63) is 35.9 Å². The summed E-state index contributed by atoms with van der Waals surface area (Å²) >= 11 is 0. The molecule has 2 atom stereocenters. The predicted molar refractivity (Wildman–Crippen MR) is 76.9 cm³/mol. The van der Waals surface area contributed by atoms with Gasteiger partial charge in [-0.1, -0.05) is 30.3 Å². The Morgan fingerprint density at radius 1 is 1.35 bits per heavy atom. The molecule has 1 aliphatic heterocycles. The fourth-order valence-electron chi connectivity index (χ4n) is 2.39. The van der Waals surface area contributed by atoms with Gasteiger partial charge in [-0.15, -0.1) is 0 Å². The van der Waals surface area contributed by atoms with E-state index in [1.165, 1.54) is 6.42 Å². The second-order valence-corrected chi connectivity index (χ2v) is 5.26. The Labute approximate surface area is 120 Å². The Bertz CT molecular complexity index is 438. The van der Waals surface area contributed by atoms with Crippen molar-refractivity contribution >= 4 is 0 Å². The molecule has 1 heterocycles. The van der Waals surface area contributed by atoms with E-state index in [2.05, 4.69) is 6.07 Å². The van der Waals surface area contributed by atoms with Crippen LogP contribution in [0, 0.1) is 11.3 Å². The fourth-order valence-corrected chi connectivity index (χ4v) is 2.39. The van der Waals surface area contributed by atoms with E-state index in [-0.39, 0.29) is 6.10 Å². The van der Waals surface area contributed by atoms with Gasteiger partial charge >= 0.3 is 0 Å². The third-order valence-corrected chi connectivity index (χ3v) is 3.71. The van der Waals surface area contributed by atoms with Gasteiger partial charge in [0.25, 0.3) is 0 Å². The molecule has 0 spiro atoms. The van der Waals surface area contributed by atoms with Gasteiger partial charge in [0, 0.05) is 19.6 Å². The first-order valence-electron chi connectivity index (χ1n) is 7.19. The number of nitrogens with zero attached hydrogens (tertiary/aromatic N) is 1. The lowest BCUT2D eigenvalue weighted by atomic mass is 9.89. The molecule has 1 aliphatic rings. The maximum Gasteiger partial charge on any atom is 0.132 e. The van der Waals surface area contributed by atoms with E-state index >= 15 is 0 Å². The normalized spacial score (nSPS) is 21.9. The standard InChI is InChI=1S/C16H22N2O2/c17-13-16(18,14-6-2-1-3-7-14)9-11-19-12-15-8-4-5-10-20-15/h1-3,6-7,15H,4-5,8-12,18H2. The van der Waals surface area contributed by atoms with Crippen LogP contribution in [0.2, 0.25) is 0 Å². The Balaban J connectivity index is 1.78. The van der Waals surface area contributed by atoms with Crippen molar-refractivity contribution in [1.82, 2.24) is 0 Å². The summed E-state index contributed by atoms with van der Waals surface area (Å²) in [5.74, 6) is 0. The van der Waals surface area contributed by atoms with Crippen LogP contribution in [0.5, 0.6) is 0 Å². The molecule has 0 aromatic heterocycles. The third kappa shape index (κ3) is 4.04. The van der Waals surface area contributed by atoms with Crippen molar-refractivity contribution < 1.29 is 9.47 Å². The maximum atomic E-state index is 9.33. The van der Waals surface area contributed by atoms with Gasteiger partial charge in [-0.2, -0.15) is 5.26 Å². The maximum absolute atomic E-state index is 9.33. The van der Waals surface area contributed by atoms with Crippen LogP contribution in [0.1, 0.15) is 31.2 Å². The molecule has 1 aromatic rings. The molecule has 0 saturated carbocycles. The molecule has 2 unspecified atom stereocenters. The molecule has 1 aromatic carbocycles. The van der Waals surface area contributed by atoms with E-state index in [0.717, 1.165) is 25.0 Å². The number of nitrogens with two attached hydrogens (primary N) is 1. The van der Waals surface area contributed by atoms with E-state index in [1.807, 2.05) is 30.3 Å². The van der Waals surface area contributed by atoms with Crippen LogP contribution in [0.25, 0.3) is 0 Å². The highest BCUT2D eigenvalue weighted by atomic mass is 16.5. The van der Waals surface area contributed by atoms with Gasteiger partial charge in [0.2, 0.25) is 0 Å². The molecule has 0 amide bonds. The highest BCUT2D eigenvalue weighted by molar-refractivity contribution is 5.30. The molecule has 2 N–H and O–H groups in total. The molecular weight excluding hydrogens is 252 g/mol. The summed E-state index contributed by atoms with van der Waals surface area (Å²) in [6, 6.07) is 11.7. The zero-order valence-corrected chi connectivity index (χ0v) is 11.8. The quantitative estimate of drug-likeness (QED) is 0.808. The largest absolute Gasteiger partial charge is 0.379 e. The summed E-state index contributed by atoms with van der Waals surface area (Å²) in [5.41, 5.74) is 6.02. The predicted octanol–water partition coefficient (Wildman–Crippen LogP) is 2.34. The lowest BCUT2D eigenvalue weighted by molar-refractivity contribution is -0.0423. The van der Waals surface area contributed by atoms with Crippen molar-refractivity contribution in [2.45, 2.75) is 37.3 Å². The Morgan fingerprint density at radius 3 is 2.80 bits per heavy atom. The van der Waals surface area contributed by atoms with Crippen LogP contribution in [0.3, 0.4) is 0 Å². The molecule has 20 heavy (non-hydrogen) atoms. The second-order valence-electron chi connectivity index (χ2n) is 5.26. The topological polar surface area (TPSA) is 68.3 Å². The van der Waals surface area contributed by atoms with Gasteiger partial charge in [0.1, 0.15) is 5.54 Å². The van der Waals surface area contributed by atoms with Gasteiger partial charge in [-0.3, -0.25) is 0 Å². The van der Waals surface area contributed by atoms with Crippen LogP contribution in [0.15, 0.2) is 30.3 Å². The van der Waals surface area contributed by atoms with E-state index in [9.17, 15) is 5.26 Å². The van der Waals surface area contributed by atoms with E-state index in [1.54, 1.807) is 0 Å². The molecule has 2 rings (SSSR count). The molecule has 108 valence electrons. The highest BCUT2D eigenvalue weighted by Crippen LogP contribution is 2.21. The highest BCUT2D eigenvalue weighted by Gasteiger charge is 2.26. The van der Waals surface area contributed by atoms with Gasteiger partial charge in [-0.05, 0) is 24.8 Å². The number of ether oxygens (including phenoxy) is 2. The van der Waals surface area contributed by atoms with E-state index in [4.69, 9.17) is 15.2 Å². The molecule has 4 nitrogen and oxygen atoms in total. The first-order valence-corrected chi connectivity index (χ1v) is 7.19. The lowest BCUT2D eigenvalue weighted by Gasteiger charge is -2.24. The number of hydrogen-bond donors (Lipinski definition) is 1. The average Bonchev–Trinajstić information content (AvgIpc) is 2.53. The number of hydrogen-bond acceptors (Lipinski definition) is 4. The van der Waals surface area contributed by atoms with Crippen molar-refractivity contribution in [2.75, 3.05) is 19.8 Å². The van der Waals surface area contributed by atoms with Crippen molar-refractivity contribution in [2.24, 2.45) is 5.73 Å². The van der Waals surface area contributed by atoms with Crippen molar-refractivity contribution in [3.63, 3.8) is 0 Å². The van der Waals surface area contributed by atoms with Gasteiger partial charge in [0.05, 0.1) is 18.8 Å². The molecule has 0 radical (unpaired) electrons. The minimum atomic E-state index is -0.977. The molecule has 4 heteroatoms. The van der Waals surface area contributed by atoms with E-state index in [0.29, 0.717) is 19.6 Å². The first kappa shape index (κ1) is 15.0. The monoisotopic (exact) mass is 274 g/mol. The second kappa shape index (κ2) is 7.39. The number of rotatable bonds is 6. The number of nitriles is 1. The average molecular weight is 274 g/mol. The van der Waals surface area contributed by atoms with Gasteiger partial charge in [0.15, 0.2) is 0 Å². The van der Waals surface area contributed by atoms with Crippen LogP contribution in [0.4, 0.5) is 0 Å². The van der Waals surface area contributed by atoms with Crippen LogP contribution < -0.4 is 5.73 Å². The van der Waals surface area contributed by atoms with Crippen molar-refractivity contribution in [3.8, 4) is 6.07 Å². The summed E-state index contributed by atoms with van der Waals surface area (Å²) in [6.45, 7) is 1.90. The van der Waals surface area contributed by atoms with Crippen LogP contribution >= 0.6 is 0 Å². The summed E-state index contributed by atoms with van der Waals surface area (Å²) < 4.78 is 11.2. The van der Waals surface area contributed by atoms with Crippen LogP contribution in [-0.2, 0) is 15.0 Å². The summed E-state index contributed by atoms with van der Waals surface area (Å²) in [5, 5.41) is 9.33. The minimum absolute atomic E-state index is 0.203. The SMILES string of the molecule is N#CC(N)(CCOCC1CCCCO1)c1ccccc1. The minimum Gasteiger partial charge on any atom is -0.379 e. The summed E-state index contributed by atoms with van der Waals surface area (Å²) in [7, 11) is 0. The zero-order chi connectivity index (χ0) is 14.3. The van der Waals surface area contributed by atoms with Gasteiger partial charge in [-0.25, -0.2) is 0 Å². The van der Waals surface area contributed by atoms with Gasteiger partial charge < -0.3 is 15.2 Å². The Morgan fingerprint density at radius 2 is 2.15 bits per heavy atom. The summed E-state index contributed by atoms with van der Waals surface area (Å²) in [4.78, 5) is 0. The fraction of sp³-hybridized carbons (Fsp3) is 0.562. The number of benzene rings is 1. The van der Waals surface area contributed by atoms with Crippen LogP contribution in [-0.4, -0.2) is 25.9 Å². The zero-order valence-electron chi connectivity index (χ0n) is 11.8. The lowest BCUT2D eigenvalue weighted by Crippen LogP contribution is -2.36. The Kier molecular flexibility index (Phi) is 5.54. The molecule has 1 fully saturated rings. The third-order valence-electron chi connectivity index (χ3n) is 3.71. The van der Waals surface area contributed by atoms with E-state index < -0.39 is 5.54 Å². The molecule has 1 saturated heterocycles. The molecular formula is C16H22N2O2.